The van der Waals surface area contributed by atoms with E-state index in [2.05, 4.69) is 0 Å². The second-order valence-electron chi connectivity index (χ2n) is 5.07. The number of halogens is 1. The van der Waals surface area contributed by atoms with Gasteiger partial charge < -0.3 is 5.11 Å². The molecule has 18 heavy (non-hydrogen) atoms. The van der Waals surface area contributed by atoms with E-state index in [-0.39, 0.29) is 24.8 Å². The molecule has 0 spiro atoms. The van der Waals surface area contributed by atoms with Crippen molar-refractivity contribution in [3.8, 4) is 0 Å². The predicted octanol–water partition coefficient (Wildman–Crippen LogP) is 1.69. The van der Waals surface area contributed by atoms with Gasteiger partial charge in [-0.25, -0.2) is 8.42 Å². The van der Waals surface area contributed by atoms with Gasteiger partial charge in [-0.3, -0.25) is 4.39 Å². The fraction of sp³-hybridized carbons (Fsp3) is 1.00. The van der Waals surface area contributed by atoms with Crippen LogP contribution < -0.4 is 0 Å². The third-order valence-corrected chi connectivity index (χ3v) is 5.29. The minimum Gasteiger partial charge on any atom is -0.392 e. The molecular weight excluding hydrogens is 257 g/mol. The lowest BCUT2D eigenvalue weighted by Gasteiger charge is -2.34. The summed E-state index contributed by atoms with van der Waals surface area (Å²) in [7, 11) is -3.45. The van der Waals surface area contributed by atoms with E-state index >= 15 is 0 Å². The van der Waals surface area contributed by atoms with Crippen molar-refractivity contribution < 1.29 is 17.9 Å². The third kappa shape index (κ3) is 4.82. The predicted molar refractivity (Wildman–Crippen MR) is 69.6 cm³/mol. The third-order valence-electron chi connectivity index (χ3n) is 3.32. The summed E-state index contributed by atoms with van der Waals surface area (Å²) < 4.78 is 37.9. The highest BCUT2D eigenvalue weighted by atomic mass is 32.2. The van der Waals surface area contributed by atoms with Crippen molar-refractivity contribution in [3.05, 3.63) is 0 Å². The molecule has 0 saturated heterocycles. The molecule has 0 aromatic heterocycles. The van der Waals surface area contributed by atoms with E-state index < -0.39 is 22.8 Å². The molecule has 108 valence electrons. The molecule has 0 radical (unpaired) electrons. The Kier molecular flexibility index (Phi) is 6.52. The van der Waals surface area contributed by atoms with Gasteiger partial charge in [0.2, 0.25) is 10.0 Å². The molecule has 0 aromatic carbocycles. The van der Waals surface area contributed by atoms with E-state index in [1.807, 2.05) is 0 Å². The molecule has 0 heterocycles. The summed E-state index contributed by atoms with van der Waals surface area (Å²) in [4.78, 5) is 0. The second-order valence-corrected chi connectivity index (χ2v) is 7.11. The SMILES string of the molecule is CC(O)CN(C1CCCCC1)S(=O)(=O)CCCF. The van der Waals surface area contributed by atoms with Crippen molar-refractivity contribution in [2.24, 2.45) is 0 Å². The Hall–Kier alpha value is -0.200. The number of alkyl halides is 1. The van der Waals surface area contributed by atoms with Gasteiger partial charge in [0.1, 0.15) is 0 Å². The van der Waals surface area contributed by atoms with Gasteiger partial charge in [0.25, 0.3) is 0 Å². The van der Waals surface area contributed by atoms with Crippen molar-refractivity contribution >= 4 is 10.0 Å². The van der Waals surface area contributed by atoms with E-state index in [0.29, 0.717) is 0 Å². The first kappa shape index (κ1) is 15.9. The Morgan fingerprint density at radius 2 is 1.94 bits per heavy atom. The number of rotatable bonds is 7. The highest BCUT2D eigenvalue weighted by molar-refractivity contribution is 7.89. The van der Waals surface area contributed by atoms with Crippen LogP contribution in [0.2, 0.25) is 0 Å². The number of hydrogen-bond donors (Lipinski definition) is 1. The van der Waals surface area contributed by atoms with Crippen LogP contribution in [-0.2, 0) is 10.0 Å². The molecular formula is C12H24FNO3S. The summed E-state index contributed by atoms with van der Waals surface area (Å²) >= 11 is 0. The molecule has 1 unspecified atom stereocenters. The largest absolute Gasteiger partial charge is 0.392 e. The number of nitrogens with zero attached hydrogens (tertiary/aromatic N) is 1. The summed E-state index contributed by atoms with van der Waals surface area (Å²) in [6.07, 6.45) is 4.24. The zero-order valence-electron chi connectivity index (χ0n) is 11.0. The van der Waals surface area contributed by atoms with Gasteiger partial charge >= 0.3 is 0 Å². The van der Waals surface area contributed by atoms with Crippen LogP contribution in [-0.4, -0.2) is 48.9 Å². The average Bonchev–Trinajstić information content (AvgIpc) is 2.34. The van der Waals surface area contributed by atoms with Crippen molar-refractivity contribution in [2.75, 3.05) is 19.0 Å². The molecule has 1 N–H and O–H groups in total. The molecule has 4 nitrogen and oxygen atoms in total. The van der Waals surface area contributed by atoms with Gasteiger partial charge in [-0.15, -0.1) is 0 Å². The van der Waals surface area contributed by atoms with Crippen LogP contribution in [0.4, 0.5) is 4.39 Å². The summed E-state index contributed by atoms with van der Waals surface area (Å²) in [6.45, 7) is 1.09. The maximum atomic E-state index is 12.2. The van der Waals surface area contributed by atoms with E-state index in [9.17, 15) is 17.9 Å². The van der Waals surface area contributed by atoms with E-state index in [0.717, 1.165) is 32.1 Å². The topological polar surface area (TPSA) is 57.6 Å². The first-order chi connectivity index (χ1) is 8.47. The maximum absolute atomic E-state index is 12.2. The Bertz CT molecular complexity index is 326. The summed E-state index contributed by atoms with van der Waals surface area (Å²) in [5.41, 5.74) is 0. The molecule has 1 rings (SSSR count). The Morgan fingerprint density at radius 1 is 1.33 bits per heavy atom. The van der Waals surface area contributed by atoms with Crippen molar-refractivity contribution in [1.29, 1.82) is 0 Å². The first-order valence-electron chi connectivity index (χ1n) is 6.71. The number of sulfonamides is 1. The number of aliphatic hydroxyl groups excluding tert-OH is 1. The van der Waals surface area contributed by atoms with Crippen LogP contribution in [0.15, 0.2) is 0 Å². The summed E-state index contributed by atoms with van der Waals surface area (Å²) in [5.74, 6) is -0.160. The van der Waals surface area contributed by atoms with Gasteiger partial charge in [0.15, 0.2) is 0 Å². The van der Waals surface area contributed by atoms with Crippen LogP contribution in [0.5, 0.6) is 0 Å². The second kappa shape index (κ2) is 7.40. The smallest absolute Gasteiger partial charge is 0.214 e. The summed E-state index contributed by atoms with van der Waals surface area (Å²) in [6, 6.07) is -0.0158. The fourth-order valence-corrected chi connectivity index (χ4v) is 4.29. The Morgan fingerprint density at radius 3 is 2.44 bits per heavy atom. The molecule has 0 aromatic rings. The minimum atomic E-state index is -3.45. The zero-order valence-corrected chi connectivity index (χ0v) is 11.8. The van der Waals surface area contributed by atoms with E-state index in [1.54, 1.807) is 6.92 Å². The fourth-order valence-electron chi connectivity index (χ4n) is 2.47. The molecule has 0 amide bonds. The number of aliphatic hydroxyl groups is 1. The standard InChI is InChI=1S/C12H24FNO3S/c1-11(15)10-14(12-6-3-2-4-7-12)18(16,17)9-5-8-13/h11-12,15H,2-10H2,1H3. The molecule has 1 aliphatic rings. The van der Waals surface area contributed by atoms with Gasteiger partial charge in [-0.1, -0.05) is 19.3 Å². The zero-order chi connectivity index (χ0) is 13.6. The molecule has 1 saturated carbocycles. The minimum absolute atomic E-state index is 0.0158. The molecule has 0 bridgehead atoms. The van der Waals surface area contributed by atoms with Gasteiger partial charge in [-0.05, 0) is 26.2 Å². The first-order valence-corrected chi connectivity index (χ1v) is 8.32. The summed E-state index contributed by atoms with van der Waals surface area (Å²) in [5, 5.41) is 9.46. The monoisotopic (exact) mass is 281 g/mol. The number of hydrogen-bond acceptors (Lipinski definition) is 3. The Labute approximate surface area is 109 Å². The molecule has 1 atom stereocenters. The lowest BCUT2D eigenvalue weighted by Crippen LogP contribution is -2.45. The van der Waals surface area contributed by atoms with Gasteiger partial charge in [0.05, 0.1) is 18.5 Å². The molecule has 1 fully saturated rings. The Balaban J connectivity index is 2.75. The van der Waals surface area contributed by atoms with Gasteiger partial charge in [-0.2, -0.15) is 4.31 Å². The molecule has 1 aliphatic carbocycles. The van der Waals surface area contributed by atoms with Gasteiger partial charge in [0, 0.05) is 12.6 Å². The maximum Gasteiger partial charge on any atom is 0.214 e. The van der Waals surface area contributed by atoms with Crippen molar-refractivity contribution in [2.45, 2.75) is 57.6 Å². The van der Waals surface area contributed by atoms with E-state index in [4.69, 9.17) is 0 Å². The lowest BCUT2D eigenvalue weighted by atomic mass is 9.95. The molecule has 6 heteroatoms. The van der Waals surface area contributed by atoms with Crippen LogP contribution in [0, 0.1) is 0 Å². The molecule has 0 aliphatic heterocycles. The van der Waals surface area contributed by atoms with Crippen LogP contribution in [0.1, 0.15) is 45.4 Å². The highest BCUT2D eigenvalue weighted by Crippen LogP contribution is 2.25. The van der Waals surface area contributed by atoms with E-state index in [1.165, 1.54) is 4.31 Å². The quantitative estimate of drug-likeness (QED) is 0.772. The van der Waals surface area contributed by atoms with Crippen LogP contribution >= 0.6 is 0 Å². The lowest BCUT2D eigenvalue weighted by molar-refractivity contribution is 0.136. The van der Waals surface area contributed by atoms with Crippen molar-refractivity contribution in [3.63, 3.8) is 0 Å². The highest BCUT2D eigenvalue weighted by Gasteiger charge is 2.31. The normalized spacial score (nSPS) is 20.2. The van der Waals surface area contributed by atoms with Crippen LogP contribution in [0.25, 0.3) is 0 Å². The van der Waals surface area contributed by atoms with Crippen LogP contribution in [0.3, 0.4) is 0 Å². The van der Waals surface area contributed by atoms with Crippen molar-refractivity contribution in [1.82, 2.24) is 4.31 Å². The average molecular weight is 281 g/mol.